The highest BCUT2D eigenvalue weighted by Gasteiger charge is 2.37. The molecule has 31 heavy (non-hydrogen) atoms. The second-order valence-corrected chi connectivity index (χ2v) is 11.0. The molecular weight excluding hydrogens is 404 g/mol. The van der Waals surface area contributed by atoms with Crippen LogP contribution in [-0.4, -0.2) is 26.8 Å². The Morgan fingerprint density at radius 1 is 1.10 bits per heavy atom. The van der Waals surface area contributed by atoms with Crippen molar-refractivity contribution >= 4 is 28.5 Å². The van der Waals surface area contributed by atoms with Gasteiger partial charge in [0.1, 0.15) is 0 Å². The summed E-state index contributed by atoms with van der Waals surface area (Å²) >= 11 is 1.05. The molecule has 0 saturated carbocycles. The van der Waals surface area contributed by atoms with Gasteiger partial charge in [-0.05, 0) is 70.5 Å². The van der Waals surface area contributed by atoms with E-state index in [1.165, 1.54) is 34.4 Å². The Morgan fingerprint density at radius 2 is 1.74 bits per heavy atom. The number of rotatable bonds is 4. The smallest absolute Gasteiger partial charge is 0.273 e. The predicted octanol–water partition coefficient (Wildman–Crippen LogP) is 6.00. The van der Waals surface area contributed by atoms with Crippen LogP contribution in [0.4, 0.5) is 4.79 Å². The number of fused-ring (bicyclic) bond motifs is 1. The summed E-state index contributed by atoms with van der Waals surface area (Å²) in [7, 11) is 0. The molecule has 1 fully saturated rings. The van der Waals surface area contributed by atoms with Crippen molar-refractivity contribution in [3.63, 3.8) is 0 Å². The van der Waals surface area contributed by atoms with Crippen LogP contribution in [0.3, 0.4) is 0 Å². The maximum atomic E-state index is 11.9. The van der Waals surface area contributed by atoms with Crippen LogP contribution in [0.1, 0.15) is 74.0 Å². The number of thioether (sulfide) groups is 1. The highest BCUT2D eigenvalue weighted by Crippen LogP contribution is 2.47. The van der Waals surface area contributed by atoms with Crippen molar-refractivity contribution < 1.29 is 9.59 Å². The van der Waals surface area contributed by atoms with Gasteiger partial charge in [-0.2, -0.15) is 0 Å². The number of hydrogen-bond acceptors (Lipinski definition) is 4. The van der Waals surface area contributed by atoms with Gasteiger partial charge in [0, 0.05) is 11.8 Å². The summed E-state index contributed by atoms with van der Waals surface area (Å²) in [5, 5.41) is -0.186. The molecule has 1 aliphatic heterocycles. The Balaban J connectivity index is 1.63. The number of imide groups is 1. The molecule has 0 bridgehead atoms. The van der Waals surface area contributed by atoms with E-state index < -0.39 is 0 Å². The number of aromatic nitrogens is 1. The van der Waals surface area contributed by atoms with E-state index in [1.807, 2.05) is 12.1 Å². The Bertz CT molecular complexity index is 1070. The molecule has 0 spiro atoms. The van der Waals surface area contributed by atoms with Crippen molar-refractivity contribution in [2.45, 2.75) is 64.8 Å². The van der Waals surface area contributed by atoms with Gasteiger partial charge in [-0.1, -0.05) is 58.2 Å². The van der Waals surface area contributed by atoms with Crippen molar-refractivity contribution in [3.8, 4) is 0 Å². The average molecular weight is 435 g/mol. The fourth-order valence-electron chi connectivity index (χ4n) is 4.60. The number of carbonyl (C=O) groups excluding carboxylic acids is 2. The number of hydrogen-bond donors (Lipinski definition) is 0. The maximum absolute atomic E-state index is 11.9. The zero-order valence-electron chi connectivity index (χ0n) is 19.0. The van der Waals surface area contributed by atoms with E-state index in [0.717, 1.165) is 34.2 Å². The van der Waals surface area contributed by atoms with Gasteiger partial charge in [0.15, 0.2) is 0 Å². The quantitative estimate of drug-likeness (QED) is 0.592. The van der Waals surface area contributed by atoms with Crippen molar-refractivity contribution in [2.24, 2.45) is 0 Å². The molecule has 0 radical (unpaired) electrons. The lowest BCUT2D eigenvalue weighted by atomic mass is 9.62. The second kappa shape index (κ2) is 7.63. The maximum Gasteiger partial charge on any atom is 0.289 e. The van der Waals surface area contributed by atoms with Crippen LogP contribution in [0.25, 0.3) is 5.57 Å². The average Bonchev–Trinajstić information content (AvgIpc) is 3.03. The molecule has 0 unspecified atom stereocenters. The molecule has 4 rings (SSSR count). The number of pyridine rings is 1. The zero-order valence-corrected chi connectivity index (χ0v) is 19.9. The third-order valence-electron chi connectivity index (χ3n) is 6.84. The summed E-state index contributed by atoms with van der Waals surface area (Å²) in [6.07, 6.45) is 4.10. The van der Waals surface area contributed by atoms with Crippen LogP contribution in [0.5, 0.6) is 0 Å². The van der Waals surface area contributed by atoms with Gasteiger partial charge in [0.05, 0.1) is 18.0 Å². The van der Waals surface area contributed by atoms with E-state index in [9.17, 15) is 9.59 Å². The Hall–Kier alpha value is -2.40. The minimum atomic E-state index is -0.186. The van der Waals surface area contributed by atoms with Gasteiger partial charge in [-0.3, -0.25) is 19.5 Å². The SMILES string of the molecule is C=C(c1ccc(CN2C(=O)CSC2=O)cn1)c1cc2c(cc1C)C(C)(C)CCC2(C)C. The van der Waals surface area contributed by atoms with Crippen molar-refractivity contribution in [1.82, 2.24) is 9.88 Å². The van der Waals surface area contributed by atoms with Gasteiger partial charge in [-0.25, -0.2) is 0 Å². The monoisotopic (exact) mass is 434 g/mol. The first kappa shape index (κ1) is 21.8. The molecule has 1 aromatic carbocycles. The molecule has 2 aromatic rings. The molecule has 5 heteroatoms. The van der Waals surface area contributed by atoms with E-state index in [2.05, 4.69) is 58.3 Å². The standard InChI is InChI=1S/C26H30N2O2S/c1-16-11-20-21(26(5,6)10-9-25(20,3)4)12-19(16)17(2)22-8-7-18(13-27-22)14-28-23(29)15-31-24(28)30/h7-8,11-13H,2,9-10,14-15H2,1,3-6H3. The van der Waals surface area contributed by atoms with E-state index in [0.29, 0.717) is 0 Å². The summed E-state index contributed by atoms with van der Waals surface area (Å²) in [6, 6.07) is 8.53. The Kier molecular flexibility index (Phi) is 5.37. The largest absolute Gasteiger partial charge is 0.289 e. The first-order valence-electron chi connectivity index (χ1n) is 10.8. The highest BCUT2D eigenvalue weighted by atomic mass is 32.2. The minimum Gasteiger partial charge on any atom is -0.273 e. The third kappa shape index (κ3) is 3.96. The molecule has 0 atom stereocenters. The fourth-order valence-corrected chi connectivity index (χ4v) is 5.32. The van der Waals surface area contributed by atoms with Crippen LogP contribution in [0.15, 0.2) is 37.0 Å². The van der Waals surface area contributed by atoms with E-state index in [4.69, 9.17) is 0 Å². The second-order valence-electron chi connectivity index (χ2n) is 10.0. The van der Waals surface area contributed by atoms with Crippen molar-refractivity contribution in [1.29, 1.82) is 0 Å². The van der Waals surface area contributed by atoms with Crippen LogP contribution in [0.2, 0.25) is 0 Å². The first-order chi connectivity index (χ1) is 14.5. The molecule has 162 valence electrons. The lowest BCUT2D eigenvalue weighted by Crippen LogP contribution is -2.34. The van der Waals surface area contributed by atoms with Crippen molar-refractivity contribution in [3.05, 3.63) is 70.6 Å². The van der Waals surface area contributed by atoms with Gasteiger partial charge in [0.25, 0.3) is 5.24 Å². The normalized spacial score (nSPS) is 19.5. The third-order valence-corrected chi connectivity index (χ3v) is 7.70. The van der Waals surface area contributed by atoms with Gasteiger partial charge in [0.2, 0.25) is 5.91 Å². The molecule has 2 aliphatic rings. The predicted molar refractivity (Wildman–Crippen MR) is 127 cm³/mol. The van der Waals surface area contributed by atoms with E-state index in [1.54, 1.807) is 6.20 Å². The summed E-state index contributed by atoms with van der Waals surface area (Å²) < 4.78 is 0. The molecule has 2 amide bonds. The molecule has 2 heterocycles. The lowest BCUT2D eigenvalue weighted by Gasteiger charge is -2.42. The first-order valence-corrected chi connectivity index (χ1v) is 11.8. The number of amides is 2. The number of benzene rings is 1. The topological polar surface area (TPSA) is 50.3 Å². The van der Waals surface area contributed by atoms with E-state index >= 15 is 0 Å². The van der Waals surface area contributed by atoms with Crippen LogP contribution in [0, 0.1) is 6.92 Å². The fraction of sp³-hybridized carbons (Fsp3) is 0.423. The summed E-state index contributed by atoms with van der Waals surface area (Å²) in [6.45, 7) is 16.1. The molecule has 1 aromatic heterocycles. The van der Waals surface area contributed by atoms with Gasteiger partial charge >= 0.3 is 0 Å². The molecule has 0 N–H and O–H groups in total. The van der Waals surface area contributed by atoms with Crippen molar-refractivity contribution in [2.75, 3.05) is 5.75 Å². The van der Waals surface area contributed by atoms with Crippen LogP contribution in [-0.2, 0) is 22.2 Å². The Labute approximate surface area is 189 Å². The van der Waals surface area contributed by atoms with Crippen LogP contribution >= 0.6 is 11.8 Å². The zero-order chi connectivity index (χ0) is 22.6. The molecule has 4 nitrogen and oxygen atoms in total. The minimum absolute atomic E-state index is 0.137. The van der Waals surface area contributed by atoms with Gasteiger partial charge < -0.3 is 0 Å². The summed E-state index contributed by atoms with van der Waals surface area (Å²) in [4.78, 5) is 29.6. The highest BCUT2D eigenvalue weighted by molar-refractivity contribution is 8.14. The van der Waals surface area contributed by atoms with E-state index in [-0.39, 0.29) is 34.3 Å². The van der Waals surface area contributed by atoms with Crippen LogP contribution < -0.4 is 0 Å². The molecular formula is C26H30N2O2S. The Morgan fingerprint density at radius 3 is 2.29 bits per heavy atom. The number of carbonyl (C=O) groups is 2. The number of nitrogens with zero attached hydrogens (tertiary/aromatic N) is 2. The van der Waals surface area contributed by atoms with Gasteiger partial charge in [-0.15, -0.1) is 0 Å². The lowest BCUT2D eigenvalue weighted by molar-refractivity contribution is -0.125. The molecule has 1 aliphatic carbocycles. The summed E-state index contributed by atoms with van der Waals surface area (Å²) in [5.74, 6) is 0.0880. The number of aryl methyl sites for hydroxylation is 1. The summed E-state index contributed by atoms with van der Waals surface area (Å²) in [5.41, 5.74) is 8.06. The molecule has 1 saturated heterocycles.